The van der Waals surface area contributed by atoms with Gasteiger partial charge in [0.1, 0.15) is 6.10 Å². The van der Waals surface area contributed by atoms with Crippen LogP contribution >= 0.6 is 0 Å². The van der Waals surface area contributed by atoms with Crippen molar-refractivity contribution in [2.75, 3.05) is 32.8 Å². The Bertz CT molecular complexity index is 560. The summed E-state index contributed by atoms with van der Waals surface area (Å²) in [4.78, 5) is 21.2. The number of amides is 1. The zero-order valence-electron chi connectivity index (χ0n) is 15.0. The molecule has 0 N–H and O–H groups in total. The van der Waals surface area contributed by atoms with Crippen LogP contribution < -0.4 is 0 Å². The van der Waals surface area contributed by atoms with Crippen LogP contribution in [0.5, 0.6) is 0 Å². The van der Waals surface area contributed by atoms with E-state index in [1.807, 2.05) is 4.90 Å². The first-order valence-electron chi connectivity index (χ1n) is 8.89. The lowest BCUT2D eigenvalue weighted by Crippen LogP contribution is -2.41. The molecule has 2 aliphatic heterocycles. The molecule has 0 aromatic carbocycles. The lowest BCUT2D eigenvalue weighted by molar-refractivity contribution is -0.140. The third kappa shape index (κ3) is 4.13. The molecule has 7 nitrogen and oxygen atoms in total. The van der Waals surface area contributed by atoms with Gasteiger partial charge in [0.25, 0.3) is 5.91 Å². The van der Waals surface area contributed by atoms with E-state index < -0.39 is 0 Å². The molecule has 0 radical (unpaired) electrons. The zero-order chi connectivity index (χ0) is 17.2. The van der Waals surface area contributed by atoms with Crippen LogP contribution in [0, 0.1) is 0 Å². The van der Waals surface area contributed by atoms with Crippen LogP contribution in [0.4, 0.5) is 0 Å². The summed E-state index contributed by atoms with van der Waals surface area (Å²) in [7, 11) is 0. The largest absolute Gasteiger partial charge is 0.368 e. The Labute approximate surface area is 143 Å². The van der Waals surface area contributed by atoms with Gasteiger partial charge in [-0.1, -0.05) is 25.9 Å². The summed E-state index contributed by atoms with van der Waals surface area (Å²) in [5.41, 5.74) is -0.130. The van der Waals surface area contributed by atoms with Crippen molar-refractivity contribution in [1.82, 2.24) is 19.9 Å². The highest BCUT2D eigenvalue weighted by Gasteiger charge is 2.29. The van der Waals surface area contributed by atoms with Crippen molar-refractivity contribution in [3.05, 3.63) is 11.7 Å². The van der Waals surface area contributed by atoms with Gasteiger partial charge in [-0.25, -0.2) is 0 Å². The van der Waals surface area contributed by atoms with Gasteiger partial charge in [-0.05, 0) is 19.3 Å². The lowest BCUT2D eigenvalue weighted by atomic mass is 9.97. The number of hydrogen-bond acceptors (Lipinski definition) is 6. The summed E-state index contributed by atoms with van der Waals surface area (Å²) in [6.07, 6.45) is 2.59. The van der Waals surface area contributed by atoms with Crippen LogP contribution in [0.1, 0.15) is 51.7 Å². The van der Waals surface area contributed by atoms with E-state index in [9.17, 15) is 4.79 Å². The minimum Gasteiger partial charge on any atom is -0.368 e. The van der Waals surface area contributed by atoms with E-state index in [0.29, 0.717) is 19.0 Å². The normalized spacial score (nSPS) is 23.5. The van der Waals surface area contributed by atoms with Crippen molar-refractivity contribution < 1.29 is 14.1 Å². The molecule has 1 aromatic heterocycles. The molecule has 134 valence electrons. The highest BCUT2D eigenvalue weighted by molar-refractivity contribution is 5.81. The van der Waals surface area contributed by atoms with E-state index >= 15 is 0 Å². The first-order chi connectivity index (χ1) is 11.4. The van der Waals surface area contributed by atoms with Crippen LogP contribution in [0.2, 0.25) is 0 Å². The molecule has 24 heavy (non-hydrogen) atoms. The third-order valence-corrected chi connectivity index (χ3v) is 4.58. The minimum atomic E-state index is -0.219. The van der Waals surface area contributed by atoms with Crippen molar-refractivity contribution in [2.24, 2.45) is 0 Å². The van der Waals surface area contributed by atoms with Gasteiger partial charge < -0.3 is 14.2 Å². The number of aromatic nitrogens is 2. The summed E-state index contributed by atoms with van der Waals surface area (Å²) in [5.74, 6) is 1.55. The Kier molecular flexibility index (Phi) is 5.20. The maximum atomic E-state index is 12.5. The maximum absolute atomic E-state index is 12.5. The zero-order valence-corrected chi connectivity index (χ0v) is 15.0. The van der Waals surface area contributed by atoms with E-state index in [0.717, 1.165) is 51.3 Å². The number of carbonyl (C=O) groups excluding carboxylic acids is 1. The predicted octanol–water partition coefficient (Wildman–Crippen LogP) is 1.58. The molecule has 3 heterocycles. The predicted molar refractivity (Wildman–Crippen MR) is 88.4 cm³/mol. The quantitative estimate of drug-likeness (QED) is 0.834. The molecule has 2 saturated heterocycles. The second-order valence-electron chi connectivity index (χ2n) is 7.72. The minimum absolute atomic E-state index is 0.130. The van der Waals surface area contributed by atoms with E-state index in [1.165, 1.54) is 0 Å². The molecule has 0 saturated carbocycles. The SMILES string of the molecule is CC(C)(C)c1nc(CN2CCCN(C(=O)[C@H]3CCCO3)CC2)no1. The monoisotopic (exact) mass is 336 g/mol. The molecule has 3 rings (SSSR count). The molecular formula is C17H28N4O3. The van der Waals surface area contributed by atoms with Gasteiger partial charge in [0.15, 0.2) is 5.82 Å². The average molecular weight is 336 g/mol. The molecule has 2 aliphatic rings. The maximum Gasteiger partial charge on any atom is 0.251 e. The van der Waals surface area contributed by atoms with Crippen LogP contribution in [0.25, 0.3) is 0 Å². The molecule has 0 spiro atoms. The molecule has 0 unspecified atom stereocenters. The molecular weight excluding hydrogens is 308 g/mol. The second-order valence-corrected chi connectivity index (χ2v) is 7.72. The Hall–Kier alpha value is -1.47. The fraction of sp³-hybridized carbons (Fsp3) is 0.824. The summed E-state index contributed by atoms with van der Waals surface area (Å²) in [6, 6.07) is 0. The van der Waals surface area contributed by atoms with Gasteiger partial charge in [-0.2, -0.15) is 4.98 Å². The van der Waals surface area contributed by atoms with Crippen molar-refractivity contribution in [2.45, 2.75) is 58.1 Å². The van der Waals surface area contributed by atoms with E-state index in [1.54, 1.807) is 0 Å². The number of ether oxygens (including phenoxy) is 1. The van der Waals surface area contributed by atoms with Crippen molar-refractivity contribution in [1.29, 1.82) is 0 Å². The van der Waals surface area contributed by atoms with E-state index in [4.69, 9.17) is 9.26 Å². The average Bonchev–Trinajstić information content (AvgIpc) is 3.15. The Balaban J connectivity index is 1.53. The molecule has 7 heteroatoms. The van der Waals surface area contributed by atoms with Gasteiger partial charge in [0.05, 0.1) is 6.54 Å². The number of rotatable bonds is 3. The van der Waals surface area contributed by atoms with Gasteiger partial charge in [-0.3, -0.25) is 9.69 Å². The molecule has 1 amide bonds. The molecule has 0 bridgehead atoms. The number of carbonyl (C=O) groups is 1. The summed E-state index contributed by atoms with van der Waals surface area (Å²) in [5, 5.41) is 4.10. The van der Waals surface area contributed by atoms with Crippen molar-refractivity contribution in [3.8, 4) is 0 Å². The summed E-state index contributed by atoms with van der Waals surface area (Å²) in [6.45, 7) is 10.9. The van der Waals surface area contributed by atoms with E-state index in [-0.39, 0.29) is 17.4 Å². The second kappa shape index (κ2) is 7.19. The smallest absolute Gasteiger partial charge is 0.251 e. The van der Waals surface area contributed by atoms with Crippen molar-refractivity contribution in [3.63, 3.8) is 0 Å². The van der Waals surface area contributed by atoms with Gasteiger partial charge in [0, 0.05) is 38.2 Å². The number of nitrogens with zero attached hydrogens (tertiary/aromatic N) is 4. The molecule has 1 aromatic rings. The molecule has 2 fully saturated rings. The summed E-state index contributed by atoms with van der Waals surface area (Å²) >= 11 is 0. The van der Waals surface area contributed by atoms with E-state index in [2.05, 4.69) is 35.8 Å². The van der Waals surface area contributed by atoms with Crippen LogP contribution in [-0.4, -0.2) is 64.7 Å². The molecule has 0 aliphatic carbocycles. The Morgan fingerprint density at radius 3 is 2.71 bits per heavy atom. The highest BCUT2D eigenvalue weighted by Crippen LogP contribution is 2.20. The number of hydrogen-bond donors (Lipinski definition) is 0. The van der Waals surface area contributed by atoms with Crippen LogP contribution in [-0.2, 0) is 21.5 Å². The van der Waals surface area contributed by atoms with Gasteiger partial charge in [0.2, 0.25) is 5.89 Å². The standard InChI is InChI=1S/C17H28N4O3/c1-17(2,3)16-18-14(19-24-16)12-20-7-5-8-21(10-9-20)15(22)13-6-4-11-23-13/h13H,4-12H2,1-3H3/t13-/m1/s1. The first kappa shape index (κ1) is 17.4. The fourth-order valence-corrected chi connectivity index (χ4v) is 3.15. The molecule has 1 atom stereocenters. The van der Waals surface area contributed by atoms with Crippen LogP contribution in [0.3, 0.4) is 0 Å². The van der Waals surface area contributed by atoms with Gasteiger partial charge in [-0.15, -0.1) is 0 Å². The third-order valence-electron chi connectivity index (χ3n) is 4.58. The van der Waals surface area contributed by atoms with Gasteiger partial charge >= 0.3 is 0 Å². The summed E-state index contributed by atoms with van der Waals surface area (Å²) < 4.78 is 10.9. The Morgan fingerprint density at radius 2 is 2.04 bits per heavy atom. The highest BCUT2D eigenvalue weighted by atomic mass is 16.5. The fourth-order valence-electron chi connectivity index (χ4n) is 3.15. The van der Waals surface area contributed by atoms with Crippen molar-refractivity contribution >= 4 is 5.91 Å². The van der Waals surface area contributed by atoms with Crippen LogP contribution in [0.15, 0.2) is 4.52 Å². The Morgan fingerprint density at radius 1 is 1.21 bits per heavy atom. The lowest BCUT2D eigenvalue weighted by Gasteiger charge is -2.23. The first-order valence-corrected chi connectivity index (χ1v) is 8.89. The topological polar surface area (TPSA) is 71.7 Å².